The Hall–Kier alpha value is -1.01. The van der Waals surface area contributed by atoms with Crippen LogP contribution in [-0.2, 0) is 4.79 Å². The van der Waals surface area contributed by atoms with Crippen LogP contribution in [0.15, 0.2) is 0 Å². The average molecular weight is 194 g/mol. The van der Waals surface area contributed by atoms with Gasteiger partial charge in [-0.1, -0.05) is 0 Å². The summed E-state index contributed by atoms with van der Waals surface area (Å²) in [5.41, 5.74) is 0. The molecule has 0 radical (unpaired) electrons. The molecule has 0 atom stereocenters. The number of hydrogen-bond donors (Lipinski definition) is 1. The zero-order valence-electron chi connectivity index (χ0n) is 8.92. The highest BCUT2D eigenvalue weighted by Crippen LogP contribution is 2.21. The molecule has 3 nitrogen and oxygen atoms in total. The first-order valence-electron chi connectivity index (χ1n) is 5.09. The largest absolute Gasteiger partial charge is 0.332 e. The number of nitrogens with zero attached hydrogens (tertiary/aromatic N) is 1. The number of rotatable bonds is 2. The zero-order chi connectivity index (χ0) is 10.6. The van der Waals surface area contributed by atoms with Crippen LogP contribution in [0.3, 0.4) is 0 Å². The third kappa shape index (κ3) is 2.49. The predicted octanol–water partition coefficient (Wildman–Crippen LogP) is 0.609. The summed E-state index contributed by atoms with van der Waals surface area (Å²) in [4.78, 5) is 12.9. The van der Waals surface area contributed by atoms with Crippen molar-refractivity contribution in [1.29, 1.82) is 0 Å². The van der Waals surface area contributed by atoms with Crippen molar-refractivity contribution in [3.05, 3.63) is 0 Å². The van der Waals surface area contributed by atoms with Crippen LogP contribution >= 0.6 is 0 Å². The second kappa shape index (κ2) is 5.02. The van der Waals surface area contributed by atoms with E-state index in [2.05, 4.69) is 11.2 Å². The Morgan fingerprint density at radius 1 is 1.43 bits per heavy atom. The molecule has 0 saturated heterocycles. The van der Waals surface area contributed by atoms with Crippen LogP contribution in [0.2, 0.25) is 0 Å². The van der Waals surface area contributed by atoms with Gasteiger partial charge >= 0.3 is 0 Å². The predicted molar refractivity (Wildman–Crippen MR) is 56.7 cm³/mol. The lowest BCUT2D eigenvalue weighted by Gasteiger charge is -2.33. The molecule has 78 valence electrons. The van der Waals surface area contributed by atoms with Gasteiger partial charge in [0.2, 0.25) is 0 Å². The van der Waals surface area contributed by atoms with Crippen molar-refractivity contribution in [2.75, 3.05) is 14.1 Å². The van der Waals surface area contributed by atoms with E-state index in [0.29, 0.717) is 12.1 Å². The molecule has 1 amide bonds. The lowest BCUT2D eigenvalue weighted by molar-refractivity contribution is -0.126. The first-order valence-corrected chi connectivity index (χ1v) is 5.09. The van der Waals surface area contributed by atoms with Gasteiger partial charge in [-0.25, -0.2) is 0 Å². The molecule has 0 aromatic carbocycles. The molecule has 0 bridgehead atoms. The third-order valence-corrected chi connectivity index (χ3v) is 3.10. The maximum absolute atomic E-state index is 11.2. The van der Waals surface area contributed by atoms with E-state index >= 15 is 0 Å². The smallest absolute Gasteiger partial charge is 0.298 e. The Morgan fingerprint density at radius 3 is 2.43 bits per heavy atom. The highest BCUT2D eigenvalue weighted by molar-refractivity contribution is 5.92. The maximum atomic E-state index is 11.2. The van der Waals surface area contributed by atoms with Gasteiger partial charge in [0.05, 0.1) is 0 Å². The van der Waals surface area contributed by atoms with Crippen molar-refractivity contribution >= 4 is 5.91 Å². The van der Waals surface area contributed by atoms with Gasteiger partial charge < -0.3 is 10.2 Å². The second-order valence-corrected chi connectivity index (χ2v) is 3.85. The van der Waals surface area contributed by atoms with Gasteiger partial charge in [-0.15, -0.1) is 6.42 Å². The van der Waals surface area contributed by atoms with Crippen molar-refractivity contribution in [3.8, 4) is 12.3 Å². The summed E-state index contributed by atoms with van der Waals surface area (Å²) in [6.07, 6.45) is 9.44. The minimum Gasteiger partial charge on any atom is -0.332 e. The number of terminal acetylenes is 1. The molecule has 1 saturated carbocycles. The van der Waals surface area contributed by atoms with E-state index in [9.17, 15) is 4.79 Å². The first kappa shape index (κ1) is 11.1. The number of nitrogens with one attached hydrogen (secondary N) is 1. The molecule has 1 aliphatic rings. The van der Waals surface area contributed by atoms with Crippen molar-refractivity contribution < 1.29 is 4.79 Å². The van der Waals surface area contributed by atoms with E-state index in [1.165, 1.54) is 0 Å². The quantitative estimate of drug-likeness (QED) is 0.653. The fraction of sp³-hybridized carbons (Fsp3) is 0.727. The first-order chi connectivity index (χ1) is 6.69. The minimum atomic E-state index is -0.196. The Kier molecular flexibility index (Phi) is 3.97. The van der Waals surface area contributed by atoms with Gasteiger partial charge in [0.25, 0.3) is 5.91 Å². The van der Waals surface area contributed by atoms with E-state index in [1.807, 2.05) is 7.05 Å². The summed E-state index contributed by atoms with van der Waals surface area (Å²) in [5, 5.41) is 3.26. The zero-order valence-corrected chi connectivity index (χ0v) is 8.92. The molecule has 0 aromatic rings. The number of carbonyl (C=O) groups is 1. The van der Waals surface area contributed by atoms with Gasteiger partial charge in [0, 0.05) is 19.1 Å². The highest BCUT2D eigenvalue weighted by atomic mass is 16.2. The van der Waals surface area contributed by atoms with Crippen LogP contribution in [-0.4, -0.2) is 37.0 Å². The van der Waals surface area contributed by atoms with Crippen LogP contribution < -0.4 is 5.32 Å². The summed E-state index contributed by atoms with van der Waals surface area (Å²) in [7, 11) is 3.79. The molecule has 0 unspecified atom stereocenters. The van der Waals surface area contributed by atoms with E-state index < -0.39 is 0 Å². The molecule has 0 spiro atoms. The fourth-order valence-electron chi connectivity index (χ4n) is 2.02. The number of amides is 1. The molecule has 1 N–H and O–H groups in total. The van der Waals surface area contributed by atoms with E-state index in [0.717, 1.165) is 25.7 Å². The molecule has 0 aromatic heterocycles. The Balaban J connectivity index is 2.42. The fourth-order valence-corrected chi connectivity index (χ4v) is 2.02. The van der Waals surface area contributed by atoms with Crippen LogP contribution in [0.25, 0.3) is 0 Å². The minimum absolute atomic E-state index is 0.196. The van der Waals surface area contributed by atoms with Crippen LogP contribution in [0.1, 0.15) is 25.7 Å². The Bertz CT molecular complexity index is 236. The summed E-state index contributed by atoms with van der Waals surface area (Å²) in [5.74, 6) is 1.96. The molecule has 1 fully saturated rings. The average Bonchev–Trinajstić information content (AvgIpc) is 2.27. The summed E-state index contributed by atoms with van der Waals surface area (Å²) in [6, 6.07) is 0.948. The standard InChI is InChI=1S/C11H18N2O/c1-4-11(14)13(3)10-7-5-9(12-2)6-8-10/h1,9-10,12H,5-8H2,2-3H3. The van der Waals surface area contributed by atoms with Crippen molar-refractivity contribution in [1.82, 2.24) is 10.2 Å². The normalized spacial score (nSPS) is 26.6. The monoisotopic (exact) mass is 194 g/mol. The number of carbonyl (C=O) groups excluding carboxylic acids is 1. The van der Waals surface area contributed by atoms with Crippen molar-refractivity contribution in [3.63, 3.8) is 0 Å². The molecule has 1 aliphatic carbocycles. The van der Waals surface area contributed by atoms with Gasteiger partial charge in [-0.3, -0.25) is 4.79 Å². The third-order valence-electron chi connectivity index (χ3n) is 3.10. The molecule has 1 rings (SSSR count). The van der Waals surface area contributed by atoms with E-state index in [-0.39, 0.29) is 5.91 Å². The summed E-state index contributed by atoms with van der Waals surface area (Å²) < 4.78 is 0. The molecular weight excluding hydrogens is 176 g/mol. The van der Waals surface area contributed by atoms with Gasteiger partial charge in [-0.05, 0) is 38.7 Å². The summed E-state index contributed by atoms with van der Waals surface area (Å²) >= 11 is 0. The lowest BCUT2D eigenvalue weighted by Crippen LogP contribution is -2.42. The lowest BCUT2D eigenvalue weighted by atomic mass is 9.90. The summed E-state index contributed by atoms with van der Waals surface area (Å²) in [6.45, 7) is 0. The molecule has 14 heavy (non-hydrogen) atoms. The molecule has 0 aliphatic heterocycles. The SMILES string of the molecule is C#CC(=O)N(C)C1CCC(NC)CC1. The molecular formula is C11H18N2O. The van der Waals surface area contributed by atoms with E-state index in [1.54, 1.807) is 11.9 Å². The van der Waals surface area contributed by atoms with Crippen LogP contribution in [0.5, 0.6) is 0 Å². The van der Waals surface area contributed by atoms with Gasteiger partial charge in [0.1, 0.15) is 0 Å². The Morgan fingerprint density at radius 2 is 2.00 bits per heavy atom. The molecule has 0 heterocycles. The van der Waals surface area contributed by atoms with Crippen LogP contribution in [0, 0.1) is 12.3 Å². The van der Waals surface area contributed by atoms with E-state index in [4.69, 9.17) is 6.42 Å². The molecule has 3 heteroatoms. The maximum Gasteiger partial charge on any atom is 0.298 e. The second-order valence-electron chi connectivity index (χ2n) is 3.85. The van der Waals surface area contributed by atoms with Crippen LogP contribution in [0.4, 0.5) is 0 Å². The van der Waals surface area contributed by atoms with Gasteiger partial charge in [0.15, 0.2) is 0 Å². The van der Waals surface area contributed by atoms with Crippen molar-refractivity contribution in [2.24, 2.45) is 0 Å². The topological polar surface area (TPSA) is 32.3 Å². The van der Waals surface area contributed by atoms with Crippen molar-refractivity contribution in [2.45, 2.75) is 37.8 Å². The number of hydrogen-bond acceptors (Lipinski definition) is 2. The Labute approximate surface area is 85.9 Å². The highest BCUT2D eigenvalue weighted by Gasteiger charge is 2.24. The van der Waals surface area contributed by atoms with Gasteiger partial charge in [-0.2, -0.15) is 0 Å².